The highest BCUT2D eigenvalue weighted by molar-refractivity contribution is 5.94. The first-order chi connectivity index (χ1) is 14.8. The van der Waals surface area contributed by atoms with E-state index in [1.165, 1.54) is 0 Å². The lowest BCUT2D eigenvalue weighted by molar-refractivity contribution is -0.119. The van der Waals surface area contributed by atoms with Gasteiger partial charge < -0.3 is 9.47 Å². The molecule has 0 aliphatic rings. The van der Waals surface area contributed by atoms with Crippen molar-refractivity contribution in [3.05, 3.63) is 96.3 Å². The van der Waals surface area contributed by atoms with E-state index in [0.29, 0.717) is 13.0 Å². The number of carbonyl (C=O) groups excluding carboxylic acids is 1. The predicted octanol–water partition coefficient (Wildman–Crippen LogP) is 4.57. The normalized spacial score (nSPS) is 10.6. The SMILES string of the molecule is N#CCCN(C(=O)Cn1c(Cc2ccccc2)nc2ccccc21)c1ccccc1. The number of nitriles is 1. The van der Waals surface area contributed by atoms with E-state index >= 15 is 0 Å². The van der Waals surface area contributed by atoms with Gasteiger partial charge in [-0.05, 0) is 29.8 Å². The third kappa shape index (κ3) is 4.23. The Bertz CT molecular complexity index is 1180. The molecule has 0 spiro atoms. The number of hydrogen-bond donors (Lipinski definition) is 0. The molecule has 5 heteroatoms. The zero-order chi connectivity index (χ0) is 20.8. The Hall–Kier alpha value is -3.91. The molecule has 30 heavy (non-hydrogen) atoms. The Morgan fingerprint density at radius 3 is 2.33 bits per heavy atom. The van der Waals surface area contributed by atoms with Crippen LogP contribution in [0.25, 0.3) is 11.0 Å². The standard InChI is InChI=1S/C25H22N4O/c26-16-9-17-28(21-12-5-2-6-13-21)25(30)19-29-23-15-8-7-14-22(23)27-24(29)18-20-10-3-1-4-11-20/h1-8,10-15H,9,17-19H2. The van der Waals surface area contributed by atoms with Crippen LogP contribution in [0.15, 0.2) is 84.9 Å². The second-order valence-corrected chi connectivity index (χ2v) is 7.05. The molecule has 0 radical (unpaired) electrons. The van der Waals surface area contributed by atoms with Crippen LogP contribution >= 0.6 is 0 Å². The van der Waals surface area contributed by atoms with Crippen molar-refractivity contribution in [2.24, 2.45) is 0 Å². The van der Waals surface area contributed by atoms with Crippen LogP contribution in [0.1, 0.15) is 17.8 Å². The van der Waals surface area contributed by atoms with Crippen molar-refractivity contribution in [2.45, 2.75) is 19.4 Å². The monoisotopic (exact) mass is 394 g/mol. The molecule has 0 atom stereocenters. The molecule has 1 aromatic heterocycles. The maximum absolute atomic E-state index is 13.3. The molecule has 0 saturated carbocycles. The number of benzene rings is 3. The summed E-state index contributed by atoms with van der Waals surface area (Å²) in [5.41, 5.74) is 3.75. The number of fused-ring (bicyclic) bond motifs is 1. The number of nitrogens with zero attached hydrogens (tertiary/aromatic N) is 4. The first-order valence-electron chi connectivity index (χ1n) is 9.96. The molecule has 0 saturated heterocycles. The van der Waals surface area contributed by atoms with Crippen molar-refractivity contribution >= 4 is 22.6 Å². The van der Waals surface area contributed by atoms with Crippen molar-refractivity contribution in [3.8, 4) is 6.07 Å². The zero-order valence-electron chi connectivity index (χ0n) is 16.6. The molecular weight excluding hydrogens is 372 g/mol. The second-order valence-electron chi connectivity index (χ2n) is 7.05. The summed E-state index contributed by atoms with van der Waals surface area (Å²) < 4.78 is 1.99. The molecular formula is C25H22N4O. The minimum Gasteiger partial charge on any atom is -0.318 e. The average molecular weight is 394 g/mol. The van der Waals surface area contributed by atoms with E-state index in [4.69, 9.17) is 10.2 Å². The van der Waals surface area contributed by atoms with Crippen LogP contribution in [0.2, 0.25) is 0 Å². The summed E-state index contributed by atoms with van der Waals surface area (Å²) >= 11 is 0. The molecule has 0 N–H and O–H groups in total. The van der Waals surface area contributed by atoms with Gasteiger partial charge in [0.1, 0.15) is 12.4 Å². The Balaban J connectivity index is 1.68. The minimum absolute atomic E-state index is 0.0612. The van der Waals surface area contributed by atoms with Gasteiger partial charge in [-0.2, -0.15) is 5.26 Å². The lowest BCUT2D eigenvalue weighted by atomic mass is 10.1. The fourth-order valence-corrected chi connectivity index (χ4v) is 3.60. The molecule has 0 aliphatic carbocycles. The lowest BCUT2D eigenvalue weighted by Crippen LogP contribution is -2.35. The Morgan fingerprint density at radius 1 is 0.933 bits per heavy atom. The van der Waals surface area contributed by atoms with Crippen LogP contribution in [-0.4, -0.2) is 22.0 Å². The van der Waals surface area contributed by atoms with Crippen LogP contribution in [0.4, 0.5) is 5.69 Å². The smallest absolute Gasteiger partial charge is 0.247 e. The van der Waals surface area contributed by atoms with Gasteiger partial charge in [0.2, 0.25) is 5.91 Å². The van der Waals surface area contributed by atoms with E-state index in [2.05, 4.69) is 18.2 Å². The summed E-state index contributed by atoms with van der Waals surface area (Å²) in [6, 6.07) is 29.6. The van der Waals surface area contributed by atoms with Crippen LogP contribution < -0.4 is 4.90 Å². The second kappa shape index (κ2) is 9.06. The van der Waals surface area contributed by atoms with Gasteiger partial charge in [-0.25, -0.2) is 4.98 Å². The summed E-state index contributed by atoms with van der Waals surface area (Å²) in [7, 11) is 0. The van der Waals surface area contributed by atoms with Gasteiger partial charge in [0.25, 0.3) is 0 Å². The first-order valence-corrected chi connectivity index (χ1v) is 9.96. The Morgan fingerprint density at radius 2 is 1.60 bits per heavy atom. The van der Waals surface area contributed by atoms with Crippen LogP contribution in [0.5, 0.6) is 0 Å². The topological polar surface area (TPSA) is 61.9 Å². The van der Waals surface area contributed by atoms with E-state index in [1.807, 2.05) is 77.4 Å². The van der Waals surface area contributed by atoms with E-state index in [1.54, 1.807) is 4.90 Å². The Labute approximate surface area is 175 Å². The lowest BCUT2D eigenvalue weighted by Gasteiger charge is -2.22. The highest BCUT2D eigenvalue weighted by Crippen LogP contribution is 2.21. The van der Waals surface area contributed by atoms with Crippen molar-refractivity contribution in [2.75, 3.05) is 11.4 Å². The number of aromatic nitrogens is 2. The summed E-state index contributed by atoms with van der Waals surface area (Å²) in [5, 5.41) is 9.05. The number of para-hydroxylation sites is 3. The van der Waals surface area contributed by atoms with Crippen LogP contribution in [0.3, 0.4) is 0 Å². The number of rotatable bonds is 7. The molecule has 1 heterocycles. The fourth-order valence-electron chi connectivity index (χ4n) is 3.60. The van der Waals surface area contributed by atoms with Gasteiger partial charge in [-0.1, -0.05) is 60.7 Å². The summed E-state index contributed by atoms with van der Waals surface area (Å²) in [4.78, 5) is 19.8. The van der Waals surface area contributed by atoms with Gasteiger partial charge in [0.15, 0.2) is 0 Å². The molecule has 0 bridgehead atoms. The van der Waals surface area contributed by atoms with E-state index < -0.39 is 0 Å². The zero-order valence-corrected chi connectivity index (χ0v) is 16.6. The van der Waals surface area contributed by atoms with Gasteiger partial charge in [0.05, 0.1) is 23.5 Å². The summed E-state index contributed by atoms with van der Waals surface area (Å²) in [6.07, 6.45) is 0.925. The Kier molecular flexibility index (Phi) is 5.86. The third-order valence-corrected chi connectivity index (χ3v) is 5.05. The first kappa shape index (κ1) is 19.4. The fraction of sp³-hybridized carbons (Fsp3) is 0.160. The van der Waals surface area contributed by atoms with Crippen molar-refractivity contribution < 1.29 is 4.79 Å². The molecule has 5 nitrogen and oxygen atoms in total. The van der Waals surface area contributed by atoms with Gasteiger partial charge in [-0.15, -0.1) is 0 Å². The molecule has 0 unspecified atom stereocenters. The number of hydrogen-bond acceptors (Lipinski definition) is 3. The number of imidazole rings is 1. The highest BCUT2D eigenvalue weighted by atomic mass is 16.2. The van der Waals surface area contributed by atoms with Crippen molar-refractivity contribution in [3.63, 3.8) is 0 Å². The molecule has 0 fully saturated rings. The van der Waals surface area contributed by atoms with Gasteiger partial charge in [0, 0.05) is 18.7 Å². The molecule has 4 rings (SSSR count). The predicted molar refractivity (Wildman–Crippen MR) is 118 cm³/mol. The average Bonchev–Trinajstić information content (AvgIpc) is 3.12. The molecule has 0 aliphatic heterocycles. The summed E-state index contributed by atoms with van der Waals surface area (Å²) in [5.74, 6) is 0.790. The molecule has 3 aromatic carbocycles. The van der Waals surface area contributed by atoms with Crippen molar-refractivity contribution in [1.82, 2.24) is 9.55 Å². The highest BCUT2D eigenvalue weighted by Gasteiger charge is 2.19. The number of anilines is 1. The van der Waals surface area contributed by atoms with Crippen LogP contribution in [-0.2, 0) is 17.8 Å². The van der Waals surface area contributed by atoms with Crippen molar-refractivity contribution in [1.29, 1.82) is 5.26 Å². The maximum Gasteiger partial charge on any atom is 0.247 e. The third-order valence-electron chi connectivity index (χ3n) is 5.05. The number of amides is 1. The molecule has 4 aromatic rings. The summed E-state index contributed by atoms with van der Waals surface area (Å²) in [6.45, 7) is 0.531. The van der Waals surface area contributed by atoms with E-state index in [0.717, 1.165) is 28.1 Å². The molecule has 1 amide bonds. The minimum atomic E-state index is -0.0612. The van der Waals surface area contributed by atoms with Gasteiger partial charge >= 0.3 is 0 Å². The maximum atomic E-state index is 13.3. The van der Waals surface area contributed by atoms with E-state index in [9.17, 15) is 4.79 Å². The quantitative estimate of drug-likeness (QED) is 0.461. The largest absolute Gasteiger partial charge is 0.318 e. The van der Waals surface area contributed by atoms with Gasteiger partial charge in [-0.3, -0.25) is 4.79 Å². The number of carbonyl (C=O) groups is 1. The van der Waals surface area contributed by atoms with E-state index in [-0.39, 0.29) is 18.9 Å². The molecule has 148 valence electrons. The van der Waals surface area contributed by atoms with Crippen LogP contribution in [0, 0.1) is 11.3 Å².